The second kappa shape index (κ2) is 8.07. The molecule has 22 heavy (non-hydrogen) atoms. The number of ether oxygens (including phenoxy) is 1. The van der Waals surface area contributed by atoms with Gasteiger partial charge < -0.3 is 10.1 Å². The van der Waals surface area contributed by atoms with E-state index in [-0.39, 0.29) is 24.3 Å². The van der Waals surface area contributed by atoms with Crippen molar-refractivity contribution < 1.29 is 14.3 Å². The zero-order valence-electron chi connectivity index (χ0n) is 12.6. The molecule has 0 saturated carbocycles. The van der Waals surface area contributed by atoms with Crippen LogP contribution in [0.15, 0.2) is 36.4 Å². The van der Waals surface area contributed by atoms with Crippen LogP contribution < -0.4 is 20.9 Å². The Morgan fingerprint density at radius 3 is 2.55 bits per heavy atom. The van der Waals surface area contributed by atoms with Gasteiger partial charge in [0, 0.05) is 12.1 Å². The van der Waals surface area contributed by atoms with Crippen molar-refractivity contribution in [1.82, 2.24) is 10.9 Å². The van der Waals surface area contributed by atoms with Crippen LogP contribution in [0.25, 0.3) is 0 Å². The Morgan fingerprint density at radius 2 is 1.91 bits per heavy atom. The highest BCUT2D eigenvalue weighted by Crippen LogP contribution is 2.19. The fourth-order valence-electron chi connectivity index (χ4n) is 2.23. The van der Waals surface area contributed by atoms with Gasteiger partial charge in [0.1, 0.15) is 5.75 Å². The minimum Gasteiger partial charge on any atom is -0.497 e. The molecule has 0 heterocycles. The average Bonchev–Trinajstić information content (AvgIpc) is 3.04. The highest BCUT2D eigenvalue weighted by Gasteiger charge is 2.14. The lowest BCUT2D eigenvalue weighted by Crippen LogP contribution is -2.44. The van der Waals surface area contributed by atoms with Gasteiger partial charge in [-0.05, 0) is 43.0 Å². The van der Waals surface area contributed by atoms with Crippen molar-refractivity contribution >= 4 is 17.5 Å². The number of hydrogen-bond donors (Lipinski definition) is 3. The molecule has 1 aromatic carbocycles. The molecule has 1 aromatic rings. The number of nitrogens with one attached hydrogen (secondary N) is 3. The molecular formula is C16H21N3O3. The first-order valence-corrected chi connectivity index (χ1v) is 7.29. The highest BCUT2D eigenvalue weighted by molar-refractivity contribution is 5.84. The fourth-order valence-corrected chi connectivity index (χ4v) is 2.23. The normalized spacial score (nSPS) is 16.1. The van der Waals surface area contributed by atoms with Crippen LogP contribution in [0.1, 0.15) is 19.3 Å². The smallest absolute Gasteiger partial charge is 0.257 e. The van der Waals surface area contributed by atoms with Crippen LogP contribution in [0.5, 0.6) is 5.75 Å². The van der Waals surface area contributed by atoms with E-state index < -0.39 is 0 Å². The van der Waals surface area contributed by atoms with Crippen LogP contribution in [0.2, 0.25) is 0 Å². The van der Waals surface area contributed by atoms with E-state index in [4.69, 9.17) is 4.74 Å². The fraction of sp³-hybridized carbons (Fsp3) is 0.375. The number of carbonyl (C=O) groups is 2. The van der Waals surface area contributed by atoms with Gasteiger partial charge in [-0.25, -0.2) is 0 Å². The molecule has 1 aliphatic rings. The number of hydrazine groups is 1. The molecule has 0 aromatic heterocycles. The highest BCUT2D eigenvalue weighted by atomic mass is 16.5. The first-order valence-electron chi connectivity index (χ1n) is 7.29. The molecule has 0 radical (unpaired) electrons. The van der Waals surface area contributed by atoms with Gasteiger partial charge in [-0.15, -0.1) is 0 Å². The van der Waals surface area contributed by atoms with Gasteiger partial charge in [0.15, 0.2) is 0 Å². The van der Waals surface area contributed by atoms with Crippen LogP contribution in [0, 0.1) is 5.92 Å². The van der Waals surface area contributed by atoms with Crippen molar-refractivity contribution in [1.29, 1.82) is 0 Å². The minimum absolute atomic E-state index is 0.0793. The number of allylic oxidation sites excluding steroid dienone is 2. The topological polar surface area (TPSA) is 79.5 Å². The first kappa shape index (κ1) is 15.9. The molecule has 3 N–H and O–H groups in total. The summed E-state index contributed by atoms with van der Waals surface area (Å²) in [5, 5.41) is 2.96. The third-order valence-corrected chi connectivity index (χ3v) is 3.44. The summed E-state index contributed by atoms with van der Waals surface area (Å²) in [6.07, 6.45) is 6.56. The Balaban J connectivity index is 1.64. The van der Waals surface area contributed by atoms with Crippen molar-refractivity contribution in [2.45, 2.75) is 19.3 Å². The maximum atomic E-state index is 11.7. The second-order valence-corrected chi connectivity index (χ2v) is 5.15. The Morgan fingerprint density at radius 1 is 1.18 bits per heavy atom. The zero-order chi connectivity index (χ0) is 15.8. The van der Waals surface area contributed by atoms with Crippen molar-refractivity contribution in [2.75, 3.05) is 19.0 Å². The van der Waals surface area contributed by atoms with E-state index in [2.05, 4.69) is 22.2 Å². The average molecular weight is 303 g/mol. The van der Waals surface area contributed by atoms with E-state index in [9.17, 15) is 9.59 Å². The molecule has 1 atom stereocenters. The summed E-state index contributed by atoms with van der Waals surface area (Å²) < 4.78 is 5.05. The lowest BCUT2D eigenvalue weighted by atomic mass is 10.1. The van der Waals surface area contributed by atoms with Crippen molar-refractivity contribution in [3.63, 3.8) is 0 Å². The van der Waals surface area contributed by atoms with E-state index >= 15 is 0 Å². The second-order valence-electron chi connectivity index (χ2n) is 5.15. The number of anilines is 1. The number of amides is 2. The van der Waals surface area contributed by atoms with E-state index in [1.54, 1.807) is 19.2 Å². The number of hydrogen-bond acceptors (Lipinski definition) is 4. The SMILES string of the molecule is COc1ccc(NCC(=O)NNC(=O)CC2C=CCC2)cc1. The molecular weight excluding hydrogens is 282 g/mol. The summed E-state index contributed by atoms with van der Waals surface area (Å²) in [5.41, 5.74) is 5.63. The Bertz CT molecular complexity index is 540. The molecule has 6 heteroatoms. The van der Waals surface area contributed by atoms with Crippen LogP contribution >= 0.6 is 0 Å². The summed E-state index contributed by atoms with van der Waals surface area (Å²) in [6, 6.07) is 7.24. The molecule has 0 fully saturated rings. The Kier molecular flexibility index (Phi) is 5.82. The summed E-state index contributed by atoms with van der Waals surface area (Å²) in [4.78, 5) is 23.3. The standard InChI is InChI=1S/C16H21N3O3/c1-22-14-8-6-13(7-9-14)17-11-16(21)19-18-15(20)10-12-4-2-3-5-12/h2,4,6-9,12,17H,3,5,10-11H2,1H3,(H,18,20)(H,19,21). The summed E-state index contributed by atoms with van der Waals surface area (Å²) >= 11 is 0. The Labute approximate surface area is 129 Å². The van der Waals surface area contributed by atoms with Crippen molar-refractivity contribution in [2.24, 2.45) is 5.92 Å². The van der Waals surface area contributed by atoms with Gasteiger partial charge in [-0.2, -0.15) is 0 Å². The van der Waals surface area contributed by atoms with Crippen molar-refractivity contribution in [3.8, 4) is 5.75 Å². The lowest BCUT2D eigenvalue weighted by Gasteiger charge is -2.11. The lowest BCUT2D eigenvalue weighted by molar-refractivity contribution is -0.128. The van der Waals surface area contributed by atoms with Crippen LogP contribution in [0.4, 0.5) is 5.69 Å². The third kappa shape index (κ3) is 5.12. The quantitative estimate of drug-likeness (QED) is 0.551. The molecule has 0 aliphatic heterocycles. The number of methoxy groups -OCH3 is 1. The van der Waals surface area contributed by atoms with Gasteiger partial charge in [-0.1, -0.05) is 12.2 Å². The minimum atomic E-state index is -0.300. The van der Waals surface area contributed by atoms with E-state index in [0.29, 0.717) is 6.42 Å². The predicted molar refractivity (Wildman–Crippen MR) is 84.3 cm³/mol. The molecule has 0 saturated heterocycles. The van der Waals surface area contributed by atoms with Gasteiger partial charge in [0.2, 0.25) is 5.91 Å². The molecule has 1 unspecified atom stereocenters. The van der Waals surface area contributed by atoms with E-state index in [0.717, 1.165) is 24.3 Å². The van der Waals surface area contributed by atoms with Crippen LogP contribution in [0.3, 0.4) is 0 Å². The van der Waals surface area contributed by atoms with Gasteiger partial charge in [-0.3, -0.25) is 20.4 Å². The molecule has 2 amide bonds. The maximum Gasteiger partial charge on any atom is 0.257 e. The van der Waals surface area contributed by atoms with E-state index in [1.165, 1.54) is 0 Å². The number of benzene rings is 1. The van der Waals surface area contributed by atoms with Gasteiger partial charge in [0.05, 0.1) is 13.7 Å². The molecule has 1 aliphatic carbocycles. The molecule has 118 valence electrons. The van der Waals surface area contributed by atoms with E-state index in [1.807, 2.05) is 18.2 Å². The molecule has 6 nitrogen and oxygen atoms in total. The molecule has 0 spiro atoms. The maximum absolute atomic E-state index is 11.7. The summed E-state index contributed by atoms with van der Waals surface area (Å²) in [7, 11) is 1.60. The molecule has 0 bridgehead atoms. The molecule has 2 rings (SSSR count). The zero-order valence-corrected chi connectivity index (χ0v) is 12.6. The van der Waals surface area contributed by atoms with Gasteiger partial charge in [0.25, 0.3) is 5.91 Å². The monoisotopic (exact) mass is 303 g/mol. The predicted octanol–water partition coefficient (Wildman–Crippen LogP) is 1.61. The Hall–Kier alpha value is -2.50. The van der Waals surface area contributed by atoms with Crippen LogP contribution in [-0.2, 0) is 9.59 Å². The summed E-state index contributed by atoms with van der Waals surface area (Å²) in [6.45, 7) is 0.0793. The van der Waals surface area contributed by atoms with Gasteiger partial charge >= 0.3 is 0 Å². The number of rotatable bonds is 6. The summed E-state index contributed by atoms with van der Waals surface area (Å²) in [5.74, 6) is 0.568. The van der Waals surface area contributed by atoms with Crippen molar-refractivity contribution in [3.05, 3.63) is 36.4 Å². The first-order chi connectivity index (χ1) is 10.7. The third-order valence-electron chi connectivity index (χ3n) is 3.44. The van der Waals surface area contributed by atoms with Crippen LogP contribution in [-0.4, -0.2) is 25.5 Å². The largest absolute Gasteiger partial charge is 0.497 e. The number of carbonyl (C=O) groups excluding carboxylic acids is 2.